The van der Waals surface area contributed by atoms with E-state index in [2.05, 4.69) is 11.4 Å². The van der Waals surface area contributed by atoms with Crippen molar-refractivity contribution in [1.29, 1.82) is 5.26 Å². The van der Waals surface area contributed by atoms with Gasteiger partial charge in [-0.1, -0.05) is 13.8 Å². The van der Waals surface area contributed by atoms with Crippen LogP contribution in [0.2, 0.25) is 0 Å². The normalized spacial score (nSPS) is 10.9. The van der Waals surface area contributed by atoms with Crippen LogP contribution < -0.4 is 5.32 Å². The molecule has 0 atom stereocenters. The van der Waals surface area contributed by atoms with Gasteiger partial charge < -0.3 is 9.73 Å². The second kappa shape index (κ2) is 6.09. The Labute approximate surface area is 102 Å². The topological polar surface area (TPSA) is 66.0 Å². The molecule has 0 aromatic carbocycles. The summed E-state index contributed by atoms with van der Waals surface area (Å²) in [5.74, 6) is 0.650. The summed E-state index contributed by atoms with van der Waals surface area (Å²) in [6.07, 6.45) is 3.32. The van der Waals surface area contributed by atoms with Crippen LogP contribution in [0.25, 0.3) is 0 Å². The molecule has 1 heterocycles. The molecule has 4 nitrogen and oxygen atoms in total. The minimum Gasteiger partial charge on any atom is -0.469 e. The van der Waals surface area contributed by atoms with Gasteiger partial charge in [0, 0.05) is 13.0 Å². The molecule has 0 saturated heterocycles. The van der Waals surface area contributed by atoms with Gasteiger partial charge in [-0.05, 0) is 25.0 Å². The molecule has 0 saturated carbocycles. The third-order valence-corrected chi connectivity index (χ3v) is 3.09. The maximum Gasteiger partial charge on any atom is 0.240 e. The number of rotatable bonds is 6. The molecule has 4 heteroatoms. The second-order valence-corrected chi connectivity index (χ2v) is 3.99. The van der Waals surface area contributed by atoms with E-state index in [0.717, 1.165) is 5.76 Å². The Balaban J connectivity index is 2.46. The third-order valence-electron chi connectivity index (χ3n) is 3.09. The summed E-state index contributed by atoms with van der Waals surface area (Å²) >= 11 is 0. The van der Waals surface area contributed by atoms with E-state index in [9.17, 15) is 4.79 Å². The molecule has 1 aromatic heterocycles. The van der Waals surface area contributed by atoms with E-state index in [0.29, 0.717) is 25.8 Å². The lowest BCUT2D eigenvalue weighted by atomic mass is 9.83. The fourth-order valence-electron chi connectivity index (χ4n) is 1.70. The van der Waals surface area contributed by atoms with Gasteiger partial charge in [-0.25, -0.2) is 0 Å². The molecule has 1 aromatic rings. The molecular weight excluding hydrogens is 216 g/mol. The number of hydrogen-bond acceptors (Lipinski definition) is 3. The van der Waals surface area contributed by atoms with Gasteiger partial charge in [0.1, 0.15) is 11.2 Å². The van der Waals surface area contributed by atoms with Gasteiger partial charge in [0.15, 0.2) is 0 Å². The van der Waals surface area contributed by atoms with Gasteiger partial charge >= 0.3 is 0 Å². The Kier molecular flexibility index (Phi) is 4.77. The number of hydrogen-bond donors (Lipinski definition) is 1. The van der Waals surface area contributed by atoms with Gasteiger partial charge in [-0.2, -0.15) is 5.26 Å². The van der Waals surface area contributed by atoms with E-state index in [-0.39, 0.29) is 5.91 Å². The monoisotopic (exact) mass is 234 g/mol. The van der Waals surface area contributed by atoms with Crippen molar-refractivity contribution in [3.05, 3.63) is 24.2 Å². The van der Waals surface area contributed by atoms with Crippen LogP contribution >= 0.6 is 0 Å². The second-order valence-electron chi connectivity index (χ2n) is 3.99. The van der Waals surface area contributed by atoms with Crippen molar-refractivity contribution in [2.45, 2.75) is 33.1 Å². The third kappa shape index (κ3) is 3.10. The maximum atomic E-state index is 11.9. The van der Waals surface area contributed by atoms with Crippen molar-refractivity contribution < 1.29 is 9.21 Å². The summed E-state index contributed by atoms with van der Waals surface area (Å²) in [6, 6.07) is 5.80. The zero-order valence-electron chi connectivity index (χ0n) is 10.3. The minimum absolute atomic E-state index is 0.184. The van der Waals surface area contributed by atoms with Gasteiger partial charge in [0.2, 0.25) is 5.91 Å². The molecule has 92 valence electrons. The lowest BCUT2D eigenvalue weighted by molar-refractivity contribution is -0.128. The molecule has 0 aliphatic carbocycles. The zero-order chi connectivity index (χ0) is 12.7. The standard InChI is InChI=1S/C13H18N2O2/c1-3-13(4-2,10-14)12(16)15-8-7-11-6-5-9-17-11/h5-6,9H,3-4,7-8H2,1-2H3,(H,15,16). The van der Waals surface area contributed by atoms with Crippen LogP contribution in [0.1, 0.15) is 32.4 Å². The number of carbonyl (C=O) groups excluding carboxylic acids is 1. The van der Waals surface area contributed by atoms with Crippen molar-refractivity contribution in [2.24, 2.45) is 5.41 Å². The summed E-state index contributed by atoms with van der Waals surface area (Å²) in [5, 5.41) is 11.9. The lowest BCUT2D eigenvalue weighted by Gasteiger charge is -2.21. The van der Waals surface area contributed by atoms with Gasteiger partial charge in [-0.15, -0.1) is 0 Å². The number of nitrogens with one attached hydrogen (secondary N) is 1. The van der Waals surface area contributed by atoms with E-state index in [1.165, 1.54) is 0 Å². The van der Waals surface area contributed by atoms with Crippen molar-refractivity contribution >= 4 is 5.91 Å². The van der Waals surface area contributed by atoms with Crippen LogP contribution in [0.4, 0.5) is 0 Å². The molecule has 17 heavy (non-hydrogen) atoms. The molecule has 1 N–H and O–H groups in total. The molecule has 0 radical (unpaired) electrons. The molecular formula is C13H18N2O2. The molecule has 1 amide bonds. The molecule has 1 rings (SSSR count). The number of amides is 1. The first-order valence-electron chi connectivity index (χ1n) is 5.90. The first-order valence-corrected chi connectivity index (χ1v) is 5.90. The summed E-state index contributed by atoms with van der Waals surface area (Å²) in [6.45, 7) is 4.22. The van der Waals surface area contributed by atoms with E-state index in [1.807, 2.05) is 26.0 Å². The number of furan rings is 1. The number of carbonyl (C=O) groups is 1. The van der Waals surface area contributed by atoms with E-state index in [1.54, 1.807) is 6.26 Å². The number of nitrogens with zero attached hydrogens (tertiary/aromatic N) is 1. The van der Waals surface area contributed by atoms with E-state index in [4.69, 9.17) is 9.68 Å². The van der Waals surface area contributed by atoms with Crippen molar-refractivity contribution in [2.75, 3.05) is 6.54 Å². The quantitative estimate of drug-likeness (QED) is 0.821. The van der Waals surface area contributed by atoms with Crippen molar-refractivity contribution in [3.63, 3.8) is 0 Å². The fourth-order valence-corrected chi connectivity index (χ4v) is 1.70. The first-order chi connectivity index (χ1) is 8.18. The predicted molar refractivity (Wildman–Crippen MR) is 64.0 cm³/mol. The van der Waals surface area contributed by atoms with E-state index >= 15 is 0 Å². The van der Waals surface area contributed by atoms with Crippen LogP contribution in [-0.4, -0.2) is 12.5 Å². The SMILES string of the molecule is CCC(C#N)(CC)C(=O)NCCc1ccco1. The molecule has 0 bridgehead atoms. The molecule has 0 aliphatic heterocycles. The minimum atomic E-state index is -0.886. The van der Waals surface area contributed by atoms with E-state index < -0.39 is 5.41 Å². The number of nitriles is 1. The highest BCUT2D eigenvalue weighted by Gasteiger charge is 2.34. The maximum absolute atomic E-state index is 11.9. The summed E-state index contributed by atoms with van der Waals surface area (Å²) in [5.41, 5.74) is -0.886. The Morgan fingerprint density at radius 1 is 1.53 bits per heavy atom. The van der Waals surface area contributed by atoms with Crippen molar-refractivity contribution in [1.82, 2.24) is 5.32 Å². The fraction of sp³-hybridized carbons (Fsp3) is 0.538. The highest BCUT2D eigenvalue weighted by atomic mass is 16.3. The largest absolute Gasteiger partial charge is 0.469 e. The summed E-state index contributed by atoms with van der Waals surface area (Å²) in [4.78, 5) is 11.9. The van der Waals surface area contributed by atoms with Crippen LogP contribution in [0.3, 0.4) is 0 Å². The Hall–Kier alpha value is -1.76. The van der Waals surface area contributed by atoms with Gasteiger partial charge in [0.25, 0.3) is 0 Å². The molecule has 0 unspecified atom stereocenters. The average Bonchev–Trinajstić information content (AvgIpc) is 2.85. The molecule has 0 spiro atoms. The van der Waals surface area contributed by atoms with Crippen molar-refractivity contribution in [3.8, 4) is 6.07 Å². The summed E-state index contributed by atoms with van der Waals surface area (Å²) in [7, 11) is 0. The van der Waals surface area contributed by atoms with Gasteiger partial charge in [-0.3, -0.25) is 4.79 Å². The lowest BCUT2D eigenvalue weighted by Crippen LogP contribution is -2.40. The van der Waals surface area contributed by atoms with Gasteiger partial charge in [0.05, 0.1) is 12.3 Å². The first kappa shape index (κ1) is 13.3. The van der Waals surface area contributed by atoms with Crippen LogP contribution in [0.5, 0.6) is 0 Å². The highest BCUT2D eigenvalue weighted by molar-refractivity contribution is 5.85. The Morgan fingerprint density at radius 3 is 2.71 bits per heavy atom. The van der Waals surface area contributed by atoms with Crippen LogP contribution in [0, 0.1) is 16.7 Å². The highest BCUT2D eigenvalue weighted by Crippen LogP contribution is 2.25. The Bertz CT molecular complexity index is 386. The Morgan fingerprint density at radius 2 is 2.24 bits per heavy atom. The summed E-state index contributed by atoms with van der Waals surface area (Å²) < 4.78 is 5.16. The van der Waals surface area contributed by atoms with Crippen LogP contribution in [-0.2, 0) is 11.2 Å². The predicted octanol–water partition coefficient (Wildman–Crippen LogP) is 2.27. The molecule has 0 aliphatic rings. The zero-order valence-corrected chi connectivity index (χ0v) is 10.3. The smallest absolute Gasteiger partial charge is 0.240 e. The average molecular weight is 234 g/mol. The van der Waals surface area contributed by atoms with Crippen LogP contribution in [0.15, 0.2) is 22.8 Å². The molecule has 0 fully saturated rings.